The summed E-state index contributed by atoms with van der Waals surface area (Å²) in [7, 11) is 0. The average Bonchev–Trinajstić information content (AvgIpc) is 2.18. The SMILES string of the molecule is Nc1nccc2ccc(CO)cc12. The lowest BCUT2D eigenvalue weighted by Gasteiger charge is -2.02. The number of aromatic nitrogens is 1. The third-order valence-corrected chi connectivity index (χ3v) is 2.04. The van der Waals surface area contributed by atoms with Crippen LogP contribution in [-0.2, 0) is 6.61 Å². The van der Waals surface area contributed by atoms with E-state index in [0.717, 1.165) is 16.3 Å². The van der Waals surface area contributed by atoms with Crippen molar-refractivity contribution in [1.82, 2.24) is 4.98 Å². The molecule has 0 amide bonds. The number of rotatable bonds is 1. The standard InChI is InChI=1S/C10H10N2O/c11-10-9-5-7(6-13)1-2-8(9)3-4-12-10/h1-5,13H,6H2,(H2,11,12). The zero-order valence-corrected chi connectivity index (χ0v) is 7.07. The van der Waals surface area contributed by atoms with E-state index in [2.05, 4.69) is 4.98 Å². The first-order valence-corrected chi connectivity index (χ1v) is 4.05. The summed E-state index contributed by atoms with van der Waals surface area (Å²) in [6.45, 7) is 0.0320. The number of nitrogens with zero attached hydrogens (tertiary/aromatic N) is 1. The Balaban J connectivity index is 2.74. The van der Waals surface area contributed by atoms with E-state index < -0.39 is 0 Å². The molecule has 0 saturated carbocycles. The molecule has 2 aromatic rings. The van der Waals surface area contributed by atoms with Crippen LogP contribution < -0.4 is 5.73 Å². The second kappa shape index (κ2) is 3.03. The Labute approximate surface area is 75.8 Å². The Hall–Kier alpha value is -1.61. The van der Waals surface area contributed by atoms with Crippen LogP contribution in [0.25, 0.3) is 10.8 Å². The van der Waals surface area contributed by atoms with E-state index in [0.29, 0.717) is 5.82 Å². The van der Waals surface area contributed by atoms with Crippen LogP contribution in [0.1, 0.15) is 5.56 Å². The van der Waals surface area contributed by atoms with Gasteiger partial charge in [-0.05, 0) is 23.1 Å². The molecule has 0 unspecified atom stereocenters. The van der Waals surface area contributed by atoms with E-state index in [-0.39, 0.29) is 6.61 Å². The molecule has 0 aliphatic heterocycles. The van der Waals surface area contributed by atoms with Crippen LogP contribution in [0.3, 0.4) is 0 Å². The van der Waals surface area contributed by atoms with Gasteiger partial charge in [0.25, 0.3) is 0 Å². The van der Waals surface area contributed by atoms with Crippen molar-refractivity contribution < 1.29 is 5.11 Å². The van der Waals surface area contributed by atoms with Crippen LogP contribution in [0.5, 0.6) is 0 Å². The predicted molar refractivity (Wildman–Crippen MR) is 52.1 cm³/mol. The number of nitrogen functional groups attached to an aromatic ring is 1. The van der Waals surface area contributed by atoms with Gasteiger partial charge in [0.2, 0.25) is 0 Å². The smallest absolute Gasteiger partial charge is 0.131 e. The number of aliphatic hydroxyl groups is 1. The van der Waals surface area contributed by atoms with Crippen LogP contribution in [-0.4, -0.2) is 10.1 Å². The quantitative estimate of drug-likeness (QED) is 0.685. The number of hydrogen-bond acceptors (Lipinski definition) is 3. The van der Waals surface area contributed by atoms with Crippen molar-refractivity contribution in [3.05, 3.63) is 36.0 Å². The summed E-state index contributed by atoms with van der Waals surface area (Å²) in [6, 6.07) is 7.56. The van der Waals surface area contributed by atoms with Crippen molar-refractivity contribution in [2.24, 2.45) is 0 Å². The third kappa shape index (κ3) is 1.34. The van der Waals surface area contributed by atoms with Gasteiger partial charge in [0, 0.05) is 11.6 Å². The fourth-order valence-electron chi connectivity index (χ4n) is 1.34. The maximum atomic E-state index is 8.93. The summed E-state index contributed by atoms with van der Waals surface area (Å²) in [5, 5.41) is 10.9. The molecule has 0 saturated heterocycles. The Morgan fingerprint density at radius 2 is 2.15 bits per heavy atom. The van der Waals surface area contributed by atoms with Gasteiger partial charge in [0.05, 0.1) is 6.61 Å². The van der Waals surface area contributed by atoms with Crippen molar-refractivity contribution in [2.75, 3.05) is 5.73 Å². The zero-order chi connectivity index (χ0) is 9.26. The van der Waals surface area contributed by atoms with E-state index in [1.54, 1.807) is 6.20 Å². The highest BCUT2D eigenvalue weighted by atomic mass is 16.3. The number of nitrogens with two attached hydrogens (primary N) is 1. The lowest BCUT2D eigenvalue weighted by molar-refractivity contribution is 0.282. The van der Waals surface area contributed by atoms with Gasteiger partial charge in [0.15, 0.2) is 0 Å². The molecule has 3 heteroatoms. The van der Waals surface area contributed by atoms with Gasteiger partial charge in [-0.2, -0.15) is 0 Å². The molecular weight excluding hydrogens is 164 g/mol. The summed E-state index contributed by atoms with van der Waals surface area (Å²) in [4.78, 5) is 3.98. The fraction of sp³-hybridized carbons (Fsp3) is 0.100. The maximum Gasteiger partial charge on any atom is 0.131 e. The molecule has 1 aromatic heterocycles. The molecule has 2 rings (SSSR count). The van der Waals surface area contributed by atoms with Gasteiger partial charge in [-0.3, -0.25) is 0 Å². The van der Waals surface area contributed by atoms with Crippen molar-refractivity contribution >= 4 is 16.6 Å². The average molecular weight is 174 g/mol. The van der Waals surface area contributed by atoms with Crippen LogP contribution in [0.4, 0.5) is 5.82 Å². The van der Waals surface area contributed by atoms with E-state index >= 15 is 0 Å². The summed E-state index contributed by atoms with van der Waals surface area (Å²) in [6.07, 6.45) is 1.68. The van der Waals surface area contributed by atoms with Gasteiger partial charge >= 0.3 is 0 Å². The molecule has 0 aliphatic rings. The van der Waals surface area contributed by atoms with Gasteiger partial charge in [-0.25, -0.2) is 4.98 Å². The summed E-state index contributed by atoms with van der Waals surface area (Å²) < 4.78 is 0. The minimum Gasteiger partial charge on any atom is -0.392 e. The lowest BCUT2D eigenvalue weighted by atomic mass is 10.1. The molecular formula is C10H10N2O. The molecule has 13 heavy (non-hydrogen) atoms. The first kappa shape index (κ1) is 8.01. The predicted octanol–water partition coefficient (Wildman–Crippen LogP) is 1.31. The van der Waals surface area contributed by atoms with Crippen LogP contribution >= 0.6 is 0 Å². The Kier molecular flexibility index (Phi) is 1.87. The van der Waals surface area contributed by atoms with Crippen molar-refractivity contribution in [3.8, 4) is 0 Å². The molecule has 0 spiro atoms. The summed E-state index contributed by atoms with van der Waals surface area (Å²) in [5.74, 6) is 0.507. The molecule has 0 fully saturated rings. The zero-order valence-electron chi connectivity index (χ0n) is 7.07. The molecule has 3 nitrogen and oxygen atoms in total. The molecule has 66 valence electrons. The van der Waals surface area contributed by atoms with E-state index in [4.69, 9.17) is 10.8 Å². The van der Waals surface area contributed by atoms with Crippen molar-refractivity contribution in [1.29, 1.82) is 0 Å². The first-order chi connectivity index (χ1) is 6.31. The molecule has 1 heterocycles. The fourth-order valence-corrected chi connectivity index (χ4v) is 1.34. The highest BCUT2D eigenvalue weighted by Gasteiger charge is 1.99. The Morgan fingerprint density at radius 3 is 2.92 bits per heavy atom. The van der Waals surface area contributed by atoms with Crippen molar-refractivity contribution in [2.45, 2.75) is 6.61 Å². The number of hydrogen-bond donors (Lipinski definition) is 2. The number of anilines is 1. The van der Waals surface area contributed by atoms with E-state index in [1.165, 1.54) is 0 Å². The number of fused-ring (bicyclic) bond motifs is 1. The largest absolute Gasteiger partial charge is 0.392 e. The normalized spacial score (nSPS) is 10.5. The molecule has 0 aliphatic carbocycles. The summed E-state index contributed by atoms with van der Waals surface area (Å²) in [5.41, 5.74) is 6.54. The molecule has 0 bridgehead atoms. The lowest BCUT2D eigenvalue weighted by Crippen LogP contribution is -1.92. The first-order valence-electron chi connectivity index (χ1n) is 4.05. The van der Waals surface area contributed by atoms with Crippen LogP contribution in [0, 0.1) is 0 Å². The minimum atomic E-state index is 0.0320. The monoisotopic (exact) mass is 174 g/mol. The van der Waals surface area contributed by atoms with Gasteiger partial charge in [-0.1, -0.05) is 12.1 Å². The van der Waals surface area contributed by atoms with E-state index in [9.17, 15) is 0 Å². The van der Waals surface area contributed by atoms with Crippen molar-refractivity contribution in [3.63, 3.8) is 0 Å². The Bertz CT molecular complexity index is 440. The van der Waals surface area contributed by atoms with Gasteiger partial charge in [0.1, 0.15) is 5.82 Å². The van der Waals surface area contributed by atoms with Crippen LogP contribution in [0.15, 0.2) is 30.5 Å². The molecule has 3 N–H and O–H groups in total. The highest BCUT2D eigenvalue weighted by molar-refractivity contribution is 5.91. The number of benzene rings is 1. The Morgan fingerprint density at radius 1 is 1.31 bits per heavy atom. The number of pyridine rings is 1. The molecule has 0 atom stereocenters. The second-order valence-corrected chi connectivity index (χ2v) is 2.91. The number of aliphatic hydroxyl groups excluding tert-OH is 1. The summed E-state index contributed by atoms with van der Waals surface area (Å²) >= 11 is 0. The topological polar surface area (TPSA) is 59.1 Å². The maximum absolute atomic E-state index is 8.93. The molecule has 0 radical (unpaired) electrons. The van der Waals surface area contributed by atoms with Gasteiger partial charge in [-0.15, -0.1) is 0 Å². The highest BCUT2D eigenvalue weighted by Crippen LogP contribution is 2.19. The van der Waals surface area contributed by atoms with Gasteiger partial charge < -0.3 is 10.8 Å². The van der Waals surface area contributed by atoms with E-state index in [1.807, 2.05) is 24.3 Å². The third-order valence-electron chi connectivity index (χ3n) is 2.04. The minimum absolute atomic E-state index is 0.0320. The second-order valence-electron chi connectivity index (χ2n) is 2.91. The van der Waals surface area contributed by atoms with Crippen LogP contribution in [0.2, 0.25) is 0 Å². The molecule has 1 aromatic carbocycles.